The van der Waals surface area contributed by atoms with Crippen molar-refractivity contribution in [3.05, 3.63) is 95.6 Å². The fourth-order valence-corrected chi connectivity index (χ4v) is 4.01. The molecule has 1 aliphatic rings. The minimum atomic E-state index is -0.783. The van der Waals surface area contributed by atoms with E-state index in [1.54, 1.807) is 42.5 Å². The van der Waals surface area contributed by atoms with E-state index in [9.17, 15) is 14.7 Å². The molecule has 0 saturated carbocycles. The van der Waals surface area contributed by atoms with Crippen LogP contribution in [0, 0.1) is 0 Å². The van der Waals surface area contributed by atoms with Crippen LogP contribution in [0.4, 0.5) is 5.69 Å². The highest BCUT2D eigenvalue weighted by Crippen LogP contribution is 2.43. The van der Waals surface area contributed by atoms with Gasteiger partial charge in [0.05, 0.1) is 30.4 Å². The minimum Gasteiger partial charge on any atom is -0.507 e. The highest BCUT2D eigenvalue weighted by atomic mass is 16.5. The highest BCUT2D eigenvalue weighted by molar-refractivity contribution is 6.51. The number of hydrogen-bond acceptors (Lipinski definition) is 5. The van der Waals surface area contributed by atoms with E-state index in [1.165, 1.54) is 4.90 Å². The second kappa shape index (κ2) is 9.61. The second-order valence-corrected chi connectivity index (χ2v) is 7.44. The predicted octanol–water partition coefficient (Wildman–Crippen LogP) is 5.11. The molecule has 0 aliphatic carbocycles. The molecule has 1 unspecified atom stereocenters. The van der Waals surface area contributed by atoms with Crippen LogP contribution < -0.4 is 14.4 Å². The lowest BCUT2D eigenvalue weighted by Crippen LogP contribution is -2.29. The number of carbonyl (C=O) groups excluding carboxylic acids is 2. The normalized spacial score (nSPS) is 17.3. The molecule has 3 aromatic carbocycles. The van der Waals surface area contributed by atoms with E-state index in [-0.39, 0.29) is 11.3 Å². The molecule has 0 radical (unpaired) electrons. The number of amides is 1. The molecule has 0 bridgehead atoms. The molecule has 0 spiro atoms. The van der Waals surface area contributed by atoms with Crippen LogP contribution in [0.3, 0.4) is 0 Å². The van der Waals surface area contributed by atoms with E-state index in [0.717, 1.165) is 0 Å². The summed E-state index contributed by atoms with van der Waals surface area (Å²) in [5, 5.41) is 11.4. The zero-order valence-corrected chi connectivity index (χ0v) is 18.5. The van der Waals surface area contributed by atoms with Crippen LogP contribution in [0.15, 0.2) is 84.4 Å². The van der Waals surface area contributed by atoms with Crippen molar-refractivity contribution in [3.63, 3.8) is 0 Å². The number of Topliss-reactive ketones (excluding diaryl/α,β-unsaturated/α-hetero) is 1. The molecule has 1 fully saturated rings. The molecule has 1 aliphatic heterocycles. The Balaban J connectivity index is 1.92. The molecule has 1 N–H and O–H groups in total. The first kappa shape index (κ1) is 22.1. The minimum absolute atomic E-state index is 0.0140. The van der Waals surface area contributed by atoms with Gasteiger partial charge in [-0.3, -0.25) is 14.5 Å². The van der Waals surface area contributed by atoms with E-state index < -0.39 is 17.7 Å². The molecule has 1 saturated heterocycles. The first-order valence-corrected chi connectivity index (χ1v) is 10.9. The van der Waals surface area contributed by atoms with Crippen LogP contribution in [0.5, 0.6) is 11.5 Å². The molecule has 6 nitrogen and oxygen atoms in total. The van der Waals surface area contributed by atoms with E-state index in [1.807, 2.05) is 50.2 Å². The summed E-state index contributed by atoms with van der Waals surface area (Å²) in [7, 11) is 0. The summed E-state index contributed by atoms with van der Waals surface area (Å²) in [6.07, 6.45) is 0. The van der Waals surface area contributed by atoms with Crippen molar-refractivity contribution < 1.29 is 24.2 Å². The summed E-state index contributed by atoms with van der Waals surface area (Å²) in [6, 6.07) is 22.4. The Labute approximate surface area is 192 Å². The topological polar surface area (TPSA) is 76.1 Å². The quantitative estimate of drug-likeness (QED) is 0.312. The lowest BCUT2D eigenvalue weighted by Gasteiger charge is -2.25. The average Bonchev–Trinajstić information content (AvgIpc) is 3.11. The van der Waals surface area contributed by atoms with Crippen LogP contribution in [-0.2, 0) is 9.59 Å². The molecule has 33 heavy (non-hydrogen) atoms. The van der Waals surface area contributed by atoms with Gasteiger partial charge in [-0.05, 0) is 43.7 Å². The van der Waals surface area contributed by atoms with Crippen molar-refractivity contribution in [1.82, 2.24) is 0 Å². The molecular formula is C27H25NO5. The first-order valence-electron chi connectivity index (χ1n) is 10.9. The number of para-hydroxylation sites is 1. The fraction of sp³-hybridized carbons (Fsp3) is 0.185. The SMILES string of the molecule is CCOc1ccc(/C(O)=C2/C(=O)C(=O)N(c3ccccc3)C2c2ccccc2)c(OCC)c1. The van der Waals surface area contributed by atoms with E-state index in [4.69, 9.17) is 9.47 Å². The lowest BCUT2D eigenvalue weighted by atomic mass is 9.95. The molecule has 3 aromatic rings. The Morgan fingerprint density at radius 1 is 0.879 bits per heavy atom. The maximum Gasteiger partial charge on any atom is 0.300 e. The molecule has 4 rings (SSSR count). The summed E-state index contributed by atoms with van der Waals surface area (Å²) in [5.74, 6) is -0.769. The number of benzene rings is 3. The van der Waals surface area contributed by atoms with Crippen molar-refractivity contribution in [2.45, 2.75) is 19.9 Å². The van der Waals surface area contributed by atoms with Gasteiger partial charge in [0.15, 0.2) is 0 Å². The van der Waals surface area contributed by atoms with Gasteiger partial charge in [-0.2, -0.15) is 0 Å². The Morgan fingerprint density at radius 3 is 2.15 bits per heavy atom. The highest BCUT2D eigenvalue weighted by Gasteiger charge is 2.47. The maximum absolute atomic E-state index is 13.3. The summed E-state index contributed by atoms with van der Waals surface area (Å²) >= 11 is 0. The summed E-state index contributed by atoms with van der Waals surface area (Å²) in [4.78, 5) is 27.8. The van der Waals surface area contributed by atoms with Gasteiger partial charge in [0.1, 0.15) is 17.3 Å². The number of aliphatic hydroxyl groups excluding tert-OH is 1. The van der Waals surface area contributed by atoms with Crippen LogP contribution >= 0.6 is 0 Å². The van der Waals surface area contributed by atoms with Gasteiger partial charge in [0, 0.05) is 11.8 Å². The maximum atomic E-state index is 13.3. The van der Waals surface area contributed by atoms with Crippen LogP contribution in [0.25, 0.3) is 5.76 Å². The number of ketones is 1. The number of carbonyl (C=O) groups is 2. The van der Waals surface area contributed by atoms with Crippen molar-refractivity contribution in [1.29, 1.82) is 0 Å². The first-order chi connectivity index (χ1) is 16.1. The van der Waals surface area contributed by atoms with Crippen molar-refractivity contribution in [2.75, 3.05) is 18.1 Å². The largest absolute Gasteiger partial charge is 0.507 e. The van der Waals surface area contributed by atoms with E-state index in [0.29, 0.717) is 41.5 Å². The second-order valence-electron chi connectivity index (χ2n) is 7.44. The predicted molar refractivity (Wildman–Crippen MR) is 126 cm³/mol. The van der Waals surface area contributed by atoms with E-state index in [2.05, 4.69) is 0 Å². The molecule has 168 valence electrons. The van der Waals surface area contributed by atoms with Gasteiger partial charge in [-0.15, -0.1) is 0 Å². The molecule has 1 atom stereocenters. The van der Waals surface area contributed by atoms with Crippen molar-refractivity contribution in [2.24, 2.45) is 0 Å². The number of hydrogen-bond donors (Lipinski definition) is 1. The Bertz CT molecular complexity index is 1190. The van der Waals surface area contributed by atoms with Crippen molar-refractivity contribution in [3.8, 4) is 11.5 Å². The van der Waals surface area contributed by atoms with Crippen molar-refractivity contribution >= 4 is 23.1 Å². The zero-order chi connectivity index (χ0) is 23.4. The van der Waals surface area contributed by atoms with Gasteiger partial charge < -0.3 is 14.6 Å². The molecule has 6 heteroatoms. The number of anilines is 1. The summed E-state index contributed by atoms with van der Waals surface area (Å²) < 4.78 is 11.3. The molecule has 1 heterocycles. The average molecular weight is 443 g/mol. The van der Waals surface area contributed by atoms with E-state index >= 15 is 0 Å². The zero-order valence-electron chi connectivity index (χ0n) is 18.5. The molecule has 0 aromatic heterocycles. The summed E-state index contributed by atoms with van der Waals surface area (Å²) in [6.45, 7) is 4.54. The number of rotatable bonds is 7. The summed E-state index contributed by atoms with van der Waals surface area (Å²) in [5.41, 5.74) is 1.63. The van der Waals surface area contributed by atoms with Crippen LogP contribution in [0.2, 0.25) is 0 Å². The third-order valence-corrected chi connectivity index (χ3v) is 5.41. The number of ether oxygens (including phenoxy) is 2. The Kier molecular flexibility index (Phi) is 6.45. The Hall–Kier alpha value is -4.06. The molecule has 1 amide bonds. The van der Waals surface area contributed by atoms with Gasteiger partial charge in [-0.25, -0.2) is 0 Å². The standard InChI is InChI=1S/C27H25NO5/c1-3-32-20-15-16-21(22(17-20)33-4-2)25(29)23-24(18-11-7-5-8-12-18)28(27(31)26(23)30)19-13-9-6-10-14-19/h5-17,24,29H,3-4H2,1-2H3/b25-23-. The third-order valence-electron chi connectivity index (χ3n) is 5.41. The number of nitrogens with zero attached hydrogens (tertiary/aromatic N) is 1. The Morgan fingerprint density at radius 2 is 1.52 bits per heavy atom. The lowest BCUT2D eigenvalue weighted by molar-refractivity contribution is -0.132. The van der Waals surface area contributed by atoms with Gasteiger partial charge in [-0.1, -0.05) is 48.5 Å². The fourth-order valence-electron chi connectivity index (χ4n) is 4.01. The number of aliphatic hydroxyl groups is 1. The molecular weight excluding hydrogens is 418 g/mol. The van der Waals surface area contributed by atoms with Gasteiger partial charge in [0.2, 0.25) is 0 Å². The van der Waals surface area contributed by atoms with Crippen LogP contribution in [0.1, 0.15) is 31.0 Å². The monoisotopic (exact) mass is 443 g/mol. The van der Waals surface area contributed by atoms with Gasteiger partial charge in [0.25, 0.3) is 11.7 Å². The van der Waals surface area contributed by atoms with Gasteiger partial charge >= 0.3 is 0 Å². The third kappa shape index (κ3) is 4.20. The smallest absolute Gasteiger partial charge is 0.300 e. The van der Waals surface area contributed by atoms with Crippen LogP contribution in [-0.4, -0.2) is 30.0 Å².